The summed E-state index contributed by atoms with van der Waals surface area (Å²) in [4.78, 5) is 11.9. The number of nitrogens with one attached hydrogen (secondary N) is 1. The number of carbonyl (C=O) groups is 1. The Morgan fingerprint density at radius 1 is 1.04 bits per heavy atom. The van der Waals surface area contributed by atoms with Crippen LogP contribution in [0.25, 0.3) is 11.1 Å². The number of hydrogen-bond donors (Lipinski definition) is 3. The lowest BCUT2D eigenvalue weighted by Crippen LogP contribution is -2.42. The molecule has 0 aliphatic heterocycles. The summed E-state index contributed by atoms with van der Waals surface area (Å²) in [6.45, 7) is 2.13. The molecule has 6 heteroatoms. The summed E-state index contributed by atoms with van der Waals surface area (Å²) in [5.74, 6) is -0.0698. The van der Waals surface area contributed by atoms with Gasteiger partial charge in [0.05, 0.1) is 6.04 Å². The molecule has 0 radical (unpaired) electrons. The Hall–Kier alpha value is -2.31. The molecule has 0 bridgehead atoms. The largest absolute Gasteiger partial charge is 0.355 e. The van der Waals surface area contributed by atoms with E-state index >= 15 is 0 Å². The third-order valence-electron chi connectivity index (χ3n) is 4.40. The molecule has 2 aromatic rings. The zero-order valence-electron chi connectivity index (χ0n) is 15.6. The molecule has 2 aromatic heterocycles. The molecule has 5 N–H and O–H groups in total. The third-order valence-corrected chi connectivity index (χ3v) is 4.40. The predicted molar refractivity (Wildman–Crippen MR) is 102 cm³/mol. The van der Waals surface area contributed by atoms with Gasteiger partial charge in [-0.1, -0.05) is 6.42 Å². The lowest BCUT2D eigenvalue weighted by molar-refractivity contribution is -0.697. The number of hydrogen-bond acceptors (Lipinski definition) is 3. The number of amides is 1. The Labute approximate surface area is 155 Å². The first-order valence-corrected chi connectivity index (χ1v) is 9.28. The SMILES string of the molecule is C[n+]1ccc(-c2cc[n+](CCCNC(=O)[C@@H](N)CCCCN)cc2)cc1. The van der Waals surface area contributed by atoms with Crippen molar-refractivity contribution < 1.29 is 13.9 Å². The summed E-state index contributed by atoms with van der Waals surface area (Å²) >= 11 is 0. The van der Waals surface area contributed by atoms with Crippen molar-refractivity contribution in [2.45, 2.75) is 38.3 Å². The van der Waals surface area contributed by atoms with Crippen molar-refractivity contribution in [2.24, 2.45) is 18.5 Å². The molecule has 0 spiro atoms. The third kappa shape index (κ3) is 6.54. The minimum Gasteiger partial charge on any atom is -0.355 e. The molecule has 0 aromatic carbocycles. The Morgan fingerprint density at radius 3 is 2.27 bits per heavy atom. The first-order chi connectivity index (χ1) is 12.6. The number of aryl methyl sites for hydroxylation is 2. The highest BCUT2D eigenvalue weighted by atomic mass is 16.2. The zero-order chi connectivity index (χ0) is 18.8. The van der Waals surface area contributed by atoms with E-state index in [0.29, 0.717) is 19.5 Å². The second-order valence-corrected chi connectivity index (χ2v) is 6.61. The van der Waals surface area contributed by atoms with Crippen molar-refractivity contribution in [3.63, 3.8) is 0 Å². The summed E-state index contributed by atoms with van der Waals surface area (Å²) in [5, 5.41) is 2.91. The van der Waals surface area contributed by atoms with E-state index in [-0.39, 0.29) is 5.91 Å². The molecule has 26 heavy (non-hydrogen) atoms. The van der Waals surface area contributed by atoms with Crippen molar-refractivity contribution in [1.29, 1.82) is 0 Å². The van der Waals surface area contributed by atoms with Gasteiger partial charge in [-0.2, -0.15) is 0 Å². The minimum absolute atomic E-state index is 0.0698. The molecule has 1 amide bonds. The van der Waals surface area contributed by atoms with E-state index in [4.69, 9.17) is 11.5 Å². The normalized spacial score (nSPS) is 12.0. The fourth-order valence-corrected chi connectivity index (χ4v) is 2.74. The van der Waals surface area contributed by atoms with Gasteiger partial charge in [-0.25, -0.2) is 9.13 Å². The van der Waals surface area contributed by atoms with Crippen LogP contribution >= 0.6 is 0 Å². The predicted octanol–water partition coefficient (Wildman–Crippen LogP) is 0.428. The molecule has 0 aliphatic carbocycles. The van der Waals surface area contributed by atoms with Crippen LogP contribution in [-0.2, 0) is 18.4 Å². The van der Waals surface area contributed by atoms with Gasteiger partial charge >= 0.3 is 0 Å². The fourth-order valence-electron chi connectivity index (χ4n) is 2.74. The quantitative estimate of drug-likeness (QED) is 0.425. The average molecular weight is 358 g/mol. The standard InChI is InChI=1S/C20H30N5O/c1-24-13-6-17(7-14-24)18-8-15-25(16-9-18)12-4-11-23-20(26)19(22)5-2-3-10-21/h6-9,13-16,19H,2-5,10-12,21-22H2,1H3/q+1/p+1/t19-/m0/s1. The summed E-state index contributed by atoms with van der Waals surface area (Å²) in [5.41, 5.74) is 13.7. The number of aromatic nitrogens is 2. The van der Waals surface area contributed by atoms with Gasteiger partial charge in [0.2, 0.25) is 5.91 Å². The van der Waals surface area contributed by atoms with Gasteiger partial charge in [-0.3, -0.25) is 4.79 Å². The monoisotopic (exact) mass is 357 g/mol. The Balaban J connectivity index is 1.71. The van der Waals surface area contributed by atoms with Gasteiger partial charge in [0, 0.05) is 37.2 Å². The number of unbranched alkanes of at least 4 members (excludes halogenated alkanes) is 1. The maximum absolute atomic E-state index is 11.9. The second kappa shape index (κ2) is 10.6. The molecule has 6 nitrogen and oxygen atoms in total. The van der Waals surface area contributed by atoms with E-state index < -0.39 is 6.04 Å². The van der Waals surface area contributed by atoms with E-state index in [2.05, 4.69) is 46.5 Å². The van der Waals surface area contributed by atoms with Crippen molar-refractivity contribution >= 4 is 5.91 Å². The maximum atomic E-state index is 11.9. The van der Waals surface area contributed by atoms with Crippen LogP contribution in [0.4, 0.5) is 0 Å². The van der Waals surface area contributed by atoms with Crippen LogP contribution in [0.1, 0.15) is 25.7 Å². The van der Waals surface area contributed by atoms with E-state index in [0.717, 1.165) is 25.8 Å². The van der Waals surface area contributed by atoms with Crippen molar-refractivity contribution in [3.8, 4) is 11.1 Å². The molecule has 0 fully saturated rings. The molecule has 0 saturated heterocycles. The lowest BCUT2D eigenvalue weighted by atomic mass is 10.1. The average Bonchev–Trinajstić information content (AvgIpc) is 2.66. The van der Waals surface area contributed by atoms with Gasteiger partial charge in [0.1, 0.15) is 13.6 Å². The van der Waals surface area contributed by atoms with E-state index in [1.807, 2.05) is 24.0 Å². The zero-order valence-corrected chi connectivity index (χ0v) is 15.6. The molecule has 0 unspecified atom stereocenters. The molecule has 2 heterocycles. The number of pyridine rings is 2. The van der Waals surface area contributed by atoms with Crippen LogP contribution in [-0.4, -0.2) is 25.0 Å². The van der Waals surface area contributed by atoms with Crippen LogP contribution in [0.3, 0.4) is 0 Å². The van der Waals surface area contributed by atoms with E-state index in [9.17, 15) is 4.79 Å². The van der Waals surface area contributed by atoms with Crippen LogP contribution in [0.5, 0.6) is 0 Å². The first kappa shape index (κ1) is 20.0. The van der Waals surface area contributed by atoms with Gasteiger partial charge in [0.15, 0.2) is 24.8 Å². The van der Waals surface area contributed by atoms with Crippen molar-refractivity contribution in [3.05, 3.63) is 49.1 Å². The fraction of sp³-hybridized carbons (Fsp3) is 0.450. The van der Waals surface area contributed by atoms with Gasteiger partial charge in [-0.15, -0.1) is 0 Å². The van der Waals surface area contributed by atoms with Crippen LogP contribution in [0.15, 0.2) is 49.1 Å². The van der Waals surface area contributed by atoms with Gasteiger partial charge < -0.3 is 16.8 Å². The van der Waals surface area contributed by atoms with Gasteiger partial charge in [-0.05, 0) is 30.5 Å². The Bertz CT molecular complexity index is 670. The highest BCUT2D eigenvalue weighted by molar-refractivity contribution is 5.81. The number of nitrogens with two attached hydrogens (primary N) is 2. The molecule has 140 valence electrons. The maximum Gasteiger partial charge on any atom is 0.236 e. The smallest absolute Gasteiger partial charge is 0.236 e. The van der Waals surface area contributed by atoms with Crippen LogP contribution in [0, 0.1) is 0 Å². The molecular formula is C20H31N5O+2. The number of carbonyl (C=O) groups excluding carboxylic acids is 1. The summed E-state index contributed by atoms with van der Waals surface area (Å²) in [7, 11) is 2.01. The molecule has 0 saturated carbocycles. The van der Waals surface area contributed by atoms with E-state index in [1.54, 1.807) is 0 Å². The van der Waals surface area contributed by atoms with Crippen LogP contribution in [0.2, 0.25) is 0 Å². The first-order valence-electron chi connectivity index (χ1n) is 9.28. The lowest BCUT2D eigenvalue weighted by Gasteiger charge is -2.11. The van der Waals surface area contributed by atoms with E-state index in [1.165, 1.54) is 11.1 Å². The summed E-state index contributed by atoms with van der Waals surface area (Å²) < 4.78 is 4.14. The highest BCUT2D eigenvalue weighted by Gasteiger charge is 2.12. The Morgan fingerprint density at radius 2 is 1.65 bits per heavy atom. The summed E-state index contributed by atoms with van der Waals surface area (Å²) in [6, 6.07) is 8.00. The molecule has 1 atom stereocenters. The molecular weight excluding hydrogens is 326 g/mol. The minimum atomic E-state index is -0.429. The van der Waals surface area contributed by atoms with Crippen molar-refractivity contribution in [2.75, 3.05) is 13.1 Å². The number of nitrogens with zero attached hydrogens (tertiary/aromatic N) is 2. The topological polar surface area (TPSA) is 88.9 Å². The van der Waals surface area contributed by atoms with Crippen molar-refractivity contribution in [1.82, 2.24) is 5.32 Å². The van der Waals surface area contributed by atoms with Crippen LogP contribution < -0.4 is 25.9 Å². The van der Waals surface area contributed by atoms with Gasteiger partial charge in [0.25, 0.3) is 0 Å². The second-order valence-electron chi connectivity index (χ2n) is 6.61. The summed E-state index contributed by atoms with van der Waals surface area (Å²) in [6.07, 6.45) is 11.6. The number of rotatable bonds is 10. The molecule has 0 aliphatic rings. The molecule has 2 rings (SSSR count). The Kier molecular flexibility index (Phi) is 8.18. The highest BCUT2D eigenvalue weighted by Crippen LogP contribution is 2.15.